The number of aromatic nitrogens is 2. The molecule has 0 saturated heterocycles. The summed E-state index contributed by atoms with van der Waals surface area (Å²) < 4.78 is 5.29. The van der Waals surface area contributed by atoms with E-state index in [1.807, 2.05) is 55.5 Å². The number of para-hydroxylation sites is 1. The van der Waals surface area contributed by atoms with E-state index in [-0.39, 0.29) is 0 Å². The molecular weight excluding hydrogens is 250 g/mol. The fraction of sp³-hybridized carbons (Fsp3) is 0.125. The van der Waals surface area contributed by atoms with Gasteiger partial charge in [0.1, 0.15) is 0 Å². The van der Waals surface area contributed by atoms with Gasteiger partial charge >= 0.3 is 0 Å². The molecule has 0 radical (unpaired) electrons. The molecule has 4 heteroatoms. The van der Waals surface area contributed by atoms with Crippen LogP contribution in [-0.2, 0) is 6.42 Å². The summed E-state index contributed by atoms with van der Waals surface area (Å²) >= 11 is 0. The Hall–Kier alpha value is -2.62. The molecule has 0 atom stereocenters. The lowest BCUT2D eigenvalue weighted by molar-refractivity contribution is 0.386. The predicted molar refractivity (Wildman–Crippen MR) is 78.1 cm³/mol. The van der Waals surface area contributed by atoms with Crippen LogP contribution in [0, 0.1) is 6.92 Å². The van der Waals surface area contributed by atoms with Gasteiger partial charge in [0.25, 0.3) is 0 Å². The molecule has 0 aliphatic heterocycles. The van der Waals surface area contributed by atoms with Crippen LogP contribution < -0.4 is 5.73 Å². The summed E-state index contributed by atoms with van der Waals surface area (Å²) in [6.07, 6.45) is 0.547. The van der Waals surface area contributed by atoms with Crippen molar-refractivity contribution in [2.24, 2.45) is 0 Å². The second-order valence-electron chi connectivity index (χ2n) is 4.75. The number of benzene rings is 2. The van der Waals surface area contributed by atoms with Crippen LogP contribution in [0.25, 0.3) is 11.4 Å². The minimum atomic E-state index is 0.547. The largest absolute Gasteiger partial charge is 0.398 e. The smallest absolute Gasteiger partial charge is 0.231 e. The molecule has 1 heterocycles. The summed E-state index contributed by atoms with van der Waals surface area (Å²) in [6, 6.07) is 15.7. The van der Waals surface area contributed by atoms with E-state index < -0.39 is 0 Å². The van der Waals surface area contributed by atoms with E-state index in [1.165, 1.54) is 5.56 Å². The Balaban J connectivity index is 1.84. The fourth-order valence-electron chi connectivity index (χ4n) is 2.00. The number of hydrogen-bond donors (Lipinski definition) is 1. The van der Waals surface area contributed by atoms with Crippen molar-refractivity contribution in [3.8, 4) is 11.4 Å². The van der Waals surface area contributed by atoms with Crippen LogP contribution in [0.1, 0.15) is 17.0 Å². The standard InChI is InChI=1S/C16H15N3O/c1-11-6-8-12(9-7-11)16-18-15(20-19-16)10-13-4-2-3-5-14(13)17/h2-9H,10,17H2,1H3. The maximum atomic E-state index is 5.91. The van der Waals surface area contributed by atoms with Gasteiger partial charge in [-0.3, -0.25) is 0 Å². The fourth-order valence-corrected chi connectivity index (χ4v) is 2.00. The monoisotopic (exact) mass is 265 g/mol. The van der Waals surface area contributed by atoms with Gasteiger partial charge in [0.15, 0.2) is 0 Å². The van der Waals surface area contributed by atoms with Crippen LogP contribution in [0.15, 0.2) is 53.1 Å². The van der Waals surface area contributed by atoms with E-state index in [0.29, 0.717) is 18.1 Å². The Morgan fingerprint density at radius 2 is 1.80 bits per heavy atom. The highest BCUT2D eigenvalue weighted by molar-refractivity contribution is 5.55. The van der Waals surface area contributed by atoms with Gasteiger partial charge in [0.2, 0.25) is 11.7 Å². The summed E-state index contributed by atoms with van der Waals surface area (Å²) in [6.45, 7) is 2.05. The molecule has 0 amide bonds. The van der Waals surface area contributed by atoms with Gasteiger partial charge in [-0.25, -0.2) is 0 Å². The second-order valence-corrected chi connectivity index (χ2v) is 4.75. The number of nitrogens with two attached hydrogens (primary N) is 1. The highest BCUT2D eigenvalue weighted by Gasteiger charge is 2.10. The molecule has 0 aliphatic rings. The third-order valence-electron chi connectivity index (χ3n) is 3.17. The molecule has 3 rings (SSSR count). The molecule has 3 aromatic rings. The van der Waals surface area contributed by atoms with Gasteiger partial charge in [-0.15, -0.1) is 0 Å². The molecular formula is C16H15N3O. The molecule has 2 N–H and O–H groups in total. The molecule has 0 spiro atoms. The van der Waals surface area contributed by atoms with Crippen molar-refractivity contribution < 1.29 is 4.52 Å². The van der Waals surface area contributed by atoms with Gasteiger partial charge in [-0.1, -0.05) is 53.2 Å². The summed E-state index contributed by atoms with van der Waals surface area (Å²) in [5, 5.41) is 4.02. The Morgan fingerprint density at radius 3 is 2.55 bits per heavy atom. The van der Waals surface area contributed by atoms with Gasteiger partial charge in [-0.05, 0) is 18.6 Å². The Kier molecular flexibility index (Phi) is 3.21. The van der Waals surface area contributed by atoms with E-state index in [4.69, 9.17) is 10.3 Å². The Bertz CT molecular complexity index is 717. The third-order valence-corrected chi connectivity index (χ3v) is 3.17. The first-order chi connectivity index (χ1) is 9.72. The maximum Gasteiger partial charge on any atom is 0.231 e. The van der Waals surface area contributed by atoms with Crippen molar-refractivity contribution in [1.82, 2.24) is 10.1 Å². The Labute approximate surface area is 117 Å². The van der Waals surface area contributed by atoms with Gasteiger partial charge in [0.05, 0.1) is 6.42 Å². The lowest BCUT2D eigenvalue weighted by Gasteiger charge is -2.00. The summed E-state index contributed by atoms with van der Waals surface area (Å²) in [7, 11) is 0. The molecule has 4 nitrogen and oxygen atoms in total. The van der Waals surface area contributed by atoms with Crippen LogP contribution in [-0.4, -0.2) is 10.1 Å². The first-order valence-electron chi connectivity index (χ1n) is 6.45. The first kappa shape index (κ1) is 12.4. The zero-order valence-electron chi connectivity index (χ0n) is 11.2. The molecule has 20 heavy (non-hydrogen) atoms. The minimum absolute atomic E-state index is 0.547. The van der Waals surface area contributed by atoms with Crippen LogP contribution in [0.3, 0.4) is 0 Å². The third kappa shape index (κ3) is 2.54. The zero-order chi connectivity index (χ0) is 13.9. The predicted octanol–water partition coefficient (Wildman–Crippen LogP) is 3.22. The molecule has 0 bridgehead atoms. The average molecular weight is 265 g/mol. The minimum Gasteiger partial charge on any atom is -0.398 e. The molecule has 0 unspecified atom stereocenters. The normalized spacial score (nSPS) is 10.7. The van der Waals surface area contributed by atoms with Crippen LogP contribution in [0.4, 0.5) is 5.69 Å². The number of nitrogens with zero attached hydrogens (tertiary/aromatic N) is 2. The first-order valence-corrected chi connectivity index (χ1v) is 6.45. The van der Waals surface area contributed by atoms with E-state index in [1.54, 1.807) is 0 Å². The van der Waals surface area contributed by atoms with Crippen LogP contribution in [0.2, 0.25) is 0 Å². The van der Waals surface area contributed by atoms with Crippen molar-refractivity contribution >= 4 is 5.69 Å². The Morgan fingerprint density at radius 1 is 1.05 bits per heavy atom. The number of hydrogen-bond acceptors (Lipinski definition) is 4. The quantitative estimate of drug-likeness (QED) is 0.738. The lowest BCUT2D eigenvalue weighted by Crippen LogP contribution is -1.95. The summed E-state index contributed by atoms with van der Waals surface area (Å²) in [5.41, 5.74) is 9.80. The zero-order valence-corrected chi connectivity index (χ0v) is 11.2. The van der Waals surface area contributed by atoms with Gasteiger partial charge in [0, 0.05) is 11.3 Å². The summed E-state index contributed by atoms with van der Waals surface area (Å²) in [5.74, 6) is 1.17. The molecule has 0 saturated carbocycles. The van der Waals surface area contributed by atoms with Crippen LogP contribution >= 0.6 is 0 Å². The topological polar surface area (TPSA) is 64.9 Å². The molecule has 0 fully saturated rings. The number of aryl methyl sites for hydroxylation is 1. The van der Waals surface area contributed by atoms with Crippen molar-refractivity contribution in [1.29, 1.82) is 0 Å². The van der Waals surface area contributed by atoms with E-state index in [9.17, 15) is 0 Å². The van der Waals surface area contributed by atoms with Gasteiger partial charge < -0.3 is 10.3 Å². The van der Waals surface area contributed by atoms with Crippen LogP contribution in [0.5, 0.6) is 0 Å². The second kappa shape index (κ2) is 5.17. The van der Waals surface area contributed by atoms with Crippen molar-refractivity contribution in [3.63, 3.8) is 0 Å². The number of rotatable bonds is 3. The molecule has 2 aromatic carbocycles. The maximum absolute atomic E-state index is 5.91. The van der Waals surface area contributed by atoms with Crippen molar-refractivity contribution in [2.45, 2.75) is 13.3 Å². The van der Waals surface area contributed by atoms with Crippen molar-refractivity contribution in [3.05, 3.63) is 65.5 Å². The molecule has 100 valence electrons. The summed E-state index contributed by atoms with van der Waals surface area (Å²) in [4.78, 5) is 4.41. The van der Waals surface area contributed by atoms with Crippen molar-refractivity contribution in [2.75, 3.05) is 5.73 Å². The molecule has 1 aromatic heterocycles. The lowest BCUT2D eigenvalue weighted by atomic mass is 10.1. The highest BCUT2D eigenvalue weighted by Crippen LogP contribution is 2.19. The van der Waals surface area contributed by atoms with Gasteiger partial charge in [-0.2, -0.15) is 4.98 Å². The average Bonchev–Trinajstić information content (AvgIpc) is 2.91. The number of anilines is 1. The van der Waals surface area contributed by atoms with E-state index in [2.05, 4.69) is 10.1 Å². The van der Waals surface area contributed by atoms with E-state index >= 15 is 0 Å². The highest BCUT2D eigenvalue weighted by atomic mass is 16.5. The number of nitrogen functional groups attached to an aromatic ring is 1. The van der Waals surface area contributed by atoms with E-state index in [0.717, 1.165) is 16.8 Å². The SMILES string of the molecule is Cc1ccc(-c2noc(Cc3ccccc3N)n2)cc1. The molecule has 0 aliphatic carbocycles.